The fourth-order valence-electron chi connectivity index (χ4n) is 3.07. The molecule has 0 spiro atoms. The highest BCUT2D eigenvalue weighted by molar-refractivity contribution is 4.91. The fourth-order valence-corrected chi connectivity index (χ4v) is 3.07. The van der Waals surface area contributed by atoms with Crippen LogP contribution in [0.4, 0.5) is 0 Å². The number of nitrogens with two attached hydrogens (primary N) is 1. The molecule has 0 aromatic heterocycles. The van der Waals surface area contributed by atoms with E-state index >= 15 is 0 Å². The molecule has 1 fully saturated rings. The Labute approximate surface area is 107 Å². The van der Waals surface area contributed by atoms with Crippen LogP contribution in [0.2, 0.25) is 0 Å². The van der Waals surface area contributed by atoms with Gasteiger partial charge in [-0.3, -0.25) is 4.90 Å². The van der Waals surface area contributed by atoms with Crippen molar-refractivity contribution in [3.63, 3.8) is 0 Å². The van der Waals surface area contributed by atoms with E-state index < -0.39 is 0 Å². The van der Waals surface area contributed by atoms with E-state index in [0.29, 0.717) is 12.0 Å². The molecule has 0 aromatic carbocycles. The fraction of sp³-hybridized carbons (Fsp3) is 1.00. The SMILES string of the molecule is CC(C)CC(C)(CN)N(C)C1CCN(C)CC1. The van der Waals surface area contributed by atoms with Gasteiger partial charge in [-0.25, -0.2) is 0 Å². The zero-order chi connectivity index (χ0) is 13.1. The van der Waals surface area contributed by atoms with Crippen LogP contribution in [0.3, 0.4) is 0 Å². The second-order valence-electron chi connectivity index (χ2n) is 6.44. The average molecular weight is 241 g/mol. The molecule has 1 rings (SSSR count). The molecule has 1 atom stereocenters. The lowest BCUT2D eigenvalue weighted by molar-refractivity contribution is 0.0413. The zero-order valence-corrected chi connectivity index (χ0v) is 12.4. The maximum Gasteiger partial charge on any atom is 0.0305 e. The van der Waals surface area contributed by atoms with E-state index in [4.69, 9.17) is 5.73 Å². The molecule has 17 heavy (non-hydrogen) atoms. The summed E-state index contributed by atoms with van der Waals surface area (Å²) in [6.45, 7) is 10.1. The molecule has 0 aliphatic carbocycles. The van der Waals surface area contributed by atoms with Gasteiger partial charge in [-0.2, -0.15) is 0 Å². The van der Waals surface area contributed by atoms with Crippen molar-refractivity contribution in [1.82, 2.24) is 9.80 Å². The van der Waals surface area contributed by atoms with E-state index in [9.17, 15) is 0 Å². The number of hydrogen-bond acceptors (Lipinski definition) is 3. The Balaban J connectivity index is 2.61. The van der Waals surface area contributed by atoms with Gasteiger partial charge in [-0.15, -0.1) is 0 Å². The van der Waals surface area contributed by atoms with Gasteiger partial charge < -0.3 is 10.6 Å². The first-order valence-corrected chi connectivity index (χ1v) is 7.00. The van der Waals surface area contributed by atoms with Gasteiger partial charge in [-0.05, 0) is 59.3 Å². The third-order valence-corrected chi connectivity index (χ3v) is 4.38. The number of nitrogens with zero attached hydrogens (tertiary/aromatic N) is 2. The number of hydrogen-bond donors (Lipinski definition) is 1. The highest BCUT2D eigenvalue weighted by Crippen LogP contribution is 2.27. The first-order chi connectivity index (χ1) is 7.89. The topological polar surface area (TPSA) is 32.5 Å². The van der Waals surface area contributed by atoms with Gasteiger partial charge in [0, 0.05) is 18.1 Å². The Morgan fingerprint density at radius 3 is 2.29 bits per heavy atom. The molecule has 0 bridgehead atoms. The van der Waals surface area contributed by atoms with E-state index in [1.54, 1.807) is 0 Å². The van der Waals surface area contributed by atoms with Crippen molar-refractivity contribution in [2.24, 2.45) is 11.7 Å². The maximum atomic E-state index is 6.04. The van der Waals surface area contributed by atoms with Crippen LogP contribution in [0.1, 0.15) is 40.0 Å². The molecule has 0 saturated carbocycles. The van der Waals surface area contributed by atoms with Crippen molar-refractivity contribution in [2.75, 3.05) is 33.7 Å². The molecule has 3 heteroatoms. The Bertz CT molecular complexity index is 222. The molecular formula is C14H31N3. The van der Waals surface area contributed by atoms with Gasteiger partial charge in [0.15, 0.2) is 0 Å². The minimum absolute atomic E-state index is 0.161. The standard InChI is InChI=1S/C14H31N3/c1-12(2)10-14(3,11-15)17(5)13-6-8-16(4)9-7-13/h12-13H,6-11,15H2,1-5H3. The van der Waals surface area contributed by atoms with Crippen LogP contribution in [-0.4, -0.2) is 55.1 Å². The van der Waals surface area contributed by atoms with E-state index in [-0.39, 0.29) is 5.54 Å². The molecule has 1 unspecified atom stereocenters. The maximum absolute atomic E-state index is 6.04. The Hall–Kier alpha value is -0.120. The van der Waals surface area contributed by atoms with Gasteiger partial charge in [0.2, 0.25) is 0 Å². The second kappa shape index (κ2) is 6.17. The summed E-state index contributed by atoms with van der Waals surface area (Å²) in [6, 6.07) is 0.707. The quantitative estimate of drug-likeness (QED) is 0.796. The predicted octanol–water partition coefficient (Wildman–Crippen LogP) is 1.78. The van der Waals surface area contributed by atoms with Gasteiger partial charge in [0.1, 0.15) is 0 Å². The summed E-state index contributed by atoms with van der Waals surface area (Å²) >= 11 is 0. The minimum Gasteiger partial charge on any atom is -0.329 e. The molecule has 0 amide bonds. The number of likely N-dealkylation sites (N-methyl/N-ethyl adjacent to an activating group) is 1. The number of rotatable bonds is 5. The van der Waals surface area contributed by atoms with Crippen molar-refractivity contribution in [1.29, 1.82) is 0 Å². The molecule has 1 aliphatic heterocycles. The van der Waals surface area contributed by atoms with Gasteiger partial charge in [0.25, 0.3) is 0 Å². The summed E-state index contributed by atoms with van der Waals surface area (Å²) in [7, 11) is 4.48. The molecule has 1 saturated heterocycles. The van der Waals surface area contributed by atoms with Crippen LogP contribution in [0.15, 0.2) is 0 Å². The summed E-state index contributed by atoms with van der Waals surface area (Å²) in [5, 5.41) is 0. The van der Waals surface area contributed by atoms with Crippen LogP contribution in [-0.2, 0) is 0 Å². The molecule has 3 nitrogen and oxygen atoms in total. The van der Waals surface area contributed by atoms with Crippen molar-refractivity contribution in [3.8, 4) is 0 Å². The Kier molecular flexibility index (Phi) is 5.42. The molecule has 1 aliphatic rings. The molecule has 1 heterocycles. The van der Waals surface area contributed by atoms with E-state index in [2.05, 4.69) is 44.7 Å². The normalized spacial score (nSPS) is 23.3. The lowest BCUT2D eigenvalue weighted by atomic mass is 9.86. The smallest absolute Gasteiger partial charge is 0.0305 e. The second-order valence-corrected chi connectivity index (χ2v) is 6.44. The van der Waals surface area contributed by atoms with Crippen LogP contribution < -0.4 is 5.73 Å². The van der Waals surface area contributed by atoms with Crippen LogP contribution in [0, 0.1) is 5.92 Å². The lowest BCUT2D eigenvalue weighted by Crippen LogP contribution is -2.56. The van der Waals surface area contributed by atoms with Crippen LogP contribution in [0.25, 0.3) is 0 Å². The first-order valence-electron chi connectivity index (χ1n) is 7.00. The summed E-state index contributed by atoms with van der Waals surface area (Å²) in [5.74, 6) is 0.706. The first kappa shape index (κ1) is 14.9. The number of piperidine rings is 1. The van der Waals surface area contributed by atoms with Gasteiger partial charge in [-0.1, -0.05) is 13.8 Å². The lowest BCUT2D eigenvalue weighted by Gasteiger charge is -2.46. The molecule has 0 radical (unpaired) electrons. The van der Waals surface area contributed by atoms with E-state index in [0.717, 1.165) is 6.54 Å². The van der Waals surface area contributed by atoms with Crippen LogP contribution >= 0.6 is 0 Å². The van der Waals surface area contributed by atoms with E-state index in [1.165, 1.54) is 32.4 Å². The highest BCUT2D eigenvalue weighted by Gasteiger charge is 2.34. The summed E-state index contributed by atoms with van der Waals surface area (Å²) in [4.78, 5) is 4.98. The van der Waals surface area contributed by atoms with Crippen LogP contribution in [0.5, 0.6) is 0 Å². The van der Waals surface area contributed by atoms with Gasteiger partial charge in [0.05, 0.1) is 0 Å². The predicted molar refractivity (Wildman–Crippen MR) is 75.2 cm³/mol. The van der Waals surface area contributed by atoms with Gasteiger partial charge >= 0.3 is 0 Å². The third kappa shape index (κ3) is 3.94. The molecular weight excluding hydrogens is 210 g/mol. The van der Waals surface area contributed by atoms with Crippen molar-refractivity contribution < 1.29 is 0 Å². The summed E-state index contributed by atoms with van der Waals surface area (Å²) in [6.07, 6.45) is 3.74. The molecule has 0 aromatic rings. The Morgan fingerprint density at radius 2 is 1.88 bits per heavy atom. The van der Waals surface area contributed by atoms with E-state index in [1.807, 2.05) is 0 Å². The molecule has 2 N–H and O–H groups in total. The monoisotopic (exact) mass is 241 g/mol. The molecule has 102 valence electrons. The number of likely N-dealkylation sites (tertiary alicyclic amines) is 1. The highest BCUT2D eigenvalue weighted by atomic mass is 15.2. The average Bonchev–Trinajstić information content (AvgIpc) is 2.28. The summed E-state index contributed by atoms with van der Waals surface area (Å²) < 4.78 is 0. The Morgan fingerprint density at radius 1 is 1.35 bits per heavy atom. The third-order valence-electron chi connectivity index (χ3n) is 4.38. The van der Waals surface area contributed by atoms with Crippen molar-refractivity contribution >= 4 is 0 Å². The largest absolute Gasteiger partial charge is 0.329 e. The summed E-state index contributed by atoms with van der Waals surface area (Å²) in [5.41, 5.74) is 6.20. The van der Waals surface area contributed by atoms with Crippen molar-refractivity contribution in [2.45, 2.75) is 51.6 Å². The van der Waals surface area contributed by atoms with Crippen molar-refractivity contribution in [3.05, 3.63) is 0 Å². The minimum atomic E-state index is 0.161. The zero-order valence-electron chi connectivity index (χ0n) is 12.4.